The van der Waals surface area contributed by atoms with Gasteiger partial charge in [0.1, 0.15) is 0 Å². The van der Waals surface area contributed by atoms with Crippen molar-refractivity contribution in [3.8, 4) is 0 Å². The molecule has 0 saturated heterocycles. The van der Waals surface area contributed by atoms with Gasteiger partial charge in [0.2, 0.25) is 15.9 Å². The summed E-state index contributed by atoms with van der Waals surface area (Å²) in [6, 6.07) is 13.0. The summed E-state index contributed by atoms with van der Waals surface area (Å²) in [7, 11) is -3.61. The highest BCUT2D eigenvalue weighted by atomic mass is 32.2. The number of hydrogen-bond acceptors (Lipinski definition) is 4. The van der Waals surface area contributed by atoms with E-state index in [9.17, 15) is 18.0 Å². The van der Waals surface area contributed by atoms with E-state index in [0.717, 1.165) is 5.56 Å². The summed E-state index contributed by atoms with van der Waals surface area (Å²) in [6.07, 6.45) is 0. The molecule has 0 saturated carbocycles. The van der Waals surface area contributed by atoms with Gasteiger partial charge in [0.05, 0.1) is 4.90 Å². The summed E-state index contributed by atoms with van der Waals surface area (Å²) in [6.45, 7) is 5.69. The van der Waals surface area contributed by atoms with E-state index in [0.29, 0.717) is 11.3 Å². The number of benzene rings is 2. The molecule has 2 amide bonds. The number of amides is 2. The maximum absolute atomic E-state index is 12.2. The van der Waals surface area contributed by atoms with E-state index in [4.69, 9.17) is 0 Å². The van der Waals surface area contributed by atoms with Crippen molar-refractivity contribution in [2.45, 2.75) is 25.7 Å². The summed E-state index contributed by atoms with van der Waals surface area (Å²) in [5.74, 6) is -0.555. The molecule has 0 fully saturated rings. The van der Waals surface area contributed by atoms with Gasteiger partial charge in [-0.3, -0.25) is 9.59 Å². The van der Waals surface area contributed by atoms with Crippen molar-refractivity contribution < 1.29 is 18.0 Å². The van der Waals surface area contributed by atoms with E-state index in [-0.39, 0.29) is 35.7 Å². The number of carbonyl (C=O) groups is 2. The molecular formula is C20H25N3O4S. The van der Waals surface area contributed by atoms with Gasteiger partial charge in [0.15, 0.2) is 0 Å². The zero-order valence-electron chi connectivity index (χ0n) is 16.2. The molecular weight excluding hydrogens is 378 g/mol. The van der Waals surface area contributed by atoms with Crippen LogP contribution in [-0.4, -0.2) is 33.3 Å². The van der Waals surface area contributed by atoms with Crippen LogP contribution < -0.4 is 15.4 Å². The van der Waals surface area contributed by atoms with Gasteiger partial charge < -0.3 is 10.6 Å². The molecule has 8 heteroatoms. The standard InChI is InChI=1S/C20H25N3O4S/c1-14(2)19(24)23-17-8-6-16(7-9-17)20(25)21-12-13-22-28(26,27)18-10-4-15(3)5-11-18/h4-11,14,22H,12-13H2,1-3H3,(H,21,25)(H,23,24). The van der Waals surface area contributed by atoms with Crippen LogP contribution in [0.3, 0.4) is 0 Å². The summed E-state index contributed by atoms with van der Waals surface area (Å²) in [5, 5.41) is 5.41. The van der Waals surface area contributed by atoms with Crippen LogP contribution in [0.2, 0.25) is 0 Å². The van der Waals surface area contributed by atoms with Gasteiger partial charge >= 0.3 is 0 Å². The predicted octanol–water partition coefficient (Wildman–Crippen LogP) is 2.30. The molecule has 0 aromatic heterocycles. The Bertz CT molecular complexity index is 921. The lowest BCUT2D eigenvalue weighted by atomic mass is 10.1. The molecule has 0 atom stereocenters. The summed E-state index contributed by atoms with van der Waals surface area (Å²) >= 11 is 0. The van der Waals surface area contributed by atoms with E-state index >= 15 is 0 Å². The summed E-state index contributed by atoms with van der Waals surface area (Å²) < 4.78 is 26.8. The Hall–Kier alpha value is -2.71. The van der Waals surface area contributed by atoms with E-state index in [2.05, 4.69) is 15.4 Å². The van der Waals surface area contributed by atoms with Gasteiger partial charge in [-0.1, -0.05) is 31.5 Å². The minimum absolute atomic E-state index is 0.0739. The Morgan fingerprint density at radius 1 is 0.929 bits per heavy atom. The Balaban J connectivity index is 1.82. The Morgan fingerprint density at radius 3 is 2.11 bits per heavy atom. The van der Waals surface area contributed by atoms with Gasteiger partial charge in [-0.05, 0) is 43.3 Å². The van der Waals surface area contributed by atoms with Crippen molar-refractivity contribution in [3.63, 3.8) is 0 Å². The SMILES string of the molecule is Cc1ccc(S(=O)(=O)NCCNC(=O)c2ccc(NC(=O)C(C)C)cc2)cc1. The highest BCUT2D eigenvalue weighted by Gasteiger charge is 2.13. The highest BCUT2D eigenvalue weighted by molar-refractivity contribution is 7.89. The largest absolute Gasteiger partial charge is 0.351 e. The molecule has 0 heterocycles. The fourth-order valence-electron chi connectivity index (χ4n) is 2.26. The monoisotopic (exact) mass is 403 g/mol. The molecule has 0 spiro atoms. The van der Waals surface area contributed by atoms with Crippen molar-refractivity contribution >= 4 is 27.5 Å². The smallest absolute Gasteiger partial charge is 0.251 e. The maximum Gasteiger partial charge on any atom is 0.251 e. The molecule has 0 unspecified atom stereocenters. The molecule has 0 bridgehead atoms. The summed E-state index contributed by atoms with van der Waals surface area (Å²) in [4.78, 5) is 24.0. The number of sulfonamides is 1. The van der Waals surface area contributed by atoms with Crippen LogP contribution in [0, 0.1) is 12.8 Å². The summed E-state index contributed by atoms with van der Waals surface area (Å²) in [5.41, 5.74) is 2.01. The van der Waals surface area contributed by atoms with Crippen molar-refractivity contribution in [3.05, 3.63) is 59.7 Å². The third kappa shape index (κ3) is 6.17. The normalized spacial score (nSPS) is 11.3. The second kappa shape index (κ2) is 9.48. The minimum atomic E-state index is -3.61. The Kier molecular flexibility index (Phi) is 7.31. The van der Waals surface area contributed by atoms with Gasteiger partial charge in [-0.25, -0.2) is 13.1 Å². The second-order valence-corrected chi connectivity index (χ2v) is 8.45. The first-order valence-corrected chi connectivity index (χ1v) is 10.4. The van der Waals surface area contributed by atoms with Crippen LogP contribution in [-0.2, 0) is 14.8 Å². The third-order valence-corrected chi connectivity index (χ3v) is 5.45. The number of nitrogens with one attached hydrogen (secondary N) is 3. The van der Waals surface area contributed by atoms with Crippen LogP contribution in [0.1, 0.15) is 29.8 Å². The minimum Gasteiger partial charge on any atom is -0.351 e. The molecule has 7 nitrogen and oxygen atoms in total. The number of carbonyl (C=O) groups excluding carboxylic acids is 2. The first-order chi connectivity index (χ1) is 13.2. The molecule has 0 aliphatic carbocycles. The van der Waals surface area contributed by atoms with E-state index < -0.39 is 10.0 Å². The molecule has 3 N–H and O–H groups in total. The van der Waals surface area contributed by atoms with Crippen LogP contribution >= 0.6 is 0 Å². The fourth-order valence-corrected chi connectivity index (χ4v) is 3.29. The zero-order chi connectivity index (χ0) is 20.7. The molecule has 0 aliphatic heterocycles. The van der Waals surface area contributed by atoms with Gasteiger partial charge in [-0.15, -0.1) is 0 Å². The third-order valence-electron chi connectivity index (χ3n) is 3.97. The average Bonchev–Trinajstić information content (AvgIpc) is 2.66. The van der Waals surface area contributed by atoms with E-state index in [1.54, 1.807) is 50.2 Å². The van der Waals surface area contributed by atoms with Crippen LogP contribution in [0.25, 0.3) is 0 Å². The van der Waals surface area contributed by atoms with Crippen LogP contribution in [0.5, 0.6) is 0 Å². The van der Waals surface area contributed by atoms with Gasteiger partial charge in [0.25, 0.3) is 5.91 Å². The lowest BCUT2D eigenvalue weighted by Crippen LogP contribution is -2.34. The first kappa shape index (κ1) is 21.6. The average molecular weight is 404 g/mol. The van der Waals surface area contributed by atoms with Gasteiger partial charge in [0, 0.05) is 30.3 Å². The zero-order valence-corrected chi connectivity index (χ0v) is 17.0. The Labute approximate surface area is 165 Å². The maximum atomic E-state index is 12.2. The number of anilines is 1. The fraction of sp³-hybridized carbons (Fsp3) is 0.300. The predicted molar refractivity (Wildman–Crippen MR) is 109 cm³/mol. The molecule has 0 radical (unpaired) electrons. The van der Waals surface area contributed by atoms with Gasteiger partial charge in [-0.2, -0.15) is 0 Å². The highest BCUT2D eigenvalue weighted by Crippen LogP contribution is 2.11. The molecule has 28 heavy (non-hydrogen) atoms. The van der Waals surface area contributed by atoms with Crippen molar-refractivity contribution in [1.29, 1.82) is 0 Å². The molecule has 2 aromatic carbocycles. The Morgan fingerprint density at radius 2 is 1.54 bits per heavy atom. The first-order valence-electron chi connectivity index (χ1n) is 8.94. The number of hydrogen-bond donors (Lipinski definition) is 3. The topological polar surface area (TPSA) is 104 Å². The number of aryl methyl sites for hydroxylation is 1. The van der Waals surface area contributed by atoms with Crippen molar-refractivity contribution in [1.82, 2.24) is 10.0 Å². The number of rotatable bonds is 8. The lowest BCUT2D eigenvalue weighted by molar-refractivity contribution is -0.118. The van der Waals surface area contributed by atoms with E-state index in [1.165, 1.54) is 12.1 Å². The van der Waals surface area contributed by atoms with Crippen molar-refractivity contribution in [2.24, 2.45) is 5.92 Å². The molecule has 2 aromatic rings. The van der Waals surface area contributed by atoms with Crippen molar-refractivity contribution in [2.75, 3.05) is 18.4 Å². The van der Waals surface area contributed by atoms with Crippen LogP contribution in [0.15, 0.2) is 53.4 Å². The molecule has 2 rings (SSSR count). The lowest BCUT2D eigenvalue weighted by Gasteiger charge is -2.10. The second-order valence-electron chi connectivity index (χ2n) is 6.69. The molecule has 0 aliphatic rings. The van der Waals surface area contributed by atoms with E-state index in [1.807, 2.05) is 6.92 Å². The quantitative estimate of drug-likeness (QED) is 0.588. The van der Waals surface area contributed by atoms with Crippen LogP contribution in [0.4, 0.5) is 5.69 Å². The molecule has 150 valence electrons.